The van der Waals surface area contributed by atoms with Gasteiger partial charge in [0.2, 0.25) is 5.91 Å². The van der Waals surface area contributed by atoms with E-state index >= 15 is 0 Å². The summed E-state index contributed by atoms with van der Waals surface area (Å²) < 4.78 is 31.3. The molecule has 1 aliphatic rings. The lowest BCUT2D eigenvalue weighted by molar-refractivity contribution is -0.120. The highest BCUT2D eigenvalue weighted by Gasteiger charge is 2.24. The molecule has 1 unspecified atom stereocenters. The maximum atomic E-state index is 13.2. The molecule has 0 spiro atoms. The highest BCUT2D eigenvalue weighted by atomic mass is 19.2. The van der Waals surface area contributed by atoms with Crippen molar-refractivity contribution in [3.63, 3.8) is 0 Å². The Kier molecular flexibility index (Phi) is 4.26. The largest absolute Gasteiger partial charge is 0.478 e. The van der Waals surface area contributed by atoms with Crippen LogP contribution in [0.2, 0.25) is 0 Å². The van der Waals surface area contributed by atoms with Crippen LogP contribution in [0, 0.1) is 11.6 Å². The van der Waals surface area contributed by atoms with E-state index in [0.29, 0.717) is 25.3 Å². The number of carbonyl (C=O) groups is 2. The molecule has 1 heterocycles. The highest BCUT2D eigenvalue weighted by molar-refractivity contribution is 6.02. The topological polar surface area (TPSA) is 87.7 Å². The molecule has 0 bridgehead atoms. The number of benzene rings is 1. The van der Waals surface area contributed by atoms with E-state index in [2.05, 4.69) is 10.6 Å². The summed E-state index contributed by atoms with van der Waals surface area (Å²) in [5.41, 5.74) is -0.817. The fourth-order valence-corrected chi connectivity index (χ4v) is 1.78. The molecule has 1 atom stereocenters. The minimum atomic E-state index is -1.47. The zero-order valence-electron chi connectivity index (χ0n) is 10.3. The quantitative estimate of drug-likeness (QED) is 0.757. The molecular formula is C12H12F2N2O4. The van der Waals surface area contributed by atoms with Crippen molar-refractivity contribution in [2.24, 2.45) is 0 Å². The molecule has 1 aromatic rings. The monoisotopic (exact) mass is 286 g/mol. The zero-order chi connectivity index (χ0) is 14.7. The average molecular weight is 286 g/mol. The molecule has 6 nitrogen and oxygen atoms in total. The molecule has 0 saturated carbocycles. The van der Waals surface area contributed by atoms with Crippen LogP contribution < -0.4 is 10.6 Å². The number of anilines is 1. The summed E-state index contributed by atoms with van der Waals surface area (Å²) >= 11 is 0. The Labute approximate surface area is 112 Å². The fraction of sp³-hybridized carbons (Fsp3) is 0.333. The molecule has 1 amide bonds. The van der Waals surface area contributed by atoms with Crippen LogP contribution in [-0.4, -0.2) is 42.8 Å². The molecule has 108 valence electrons. The van der Waals surface area contributed by atoms with Gasteiger partial charge >= 0.3 is 5.97 Å². The molecule has 1 fully saturated rings. The minimum Gasteiger partial charge on any atom is -0.478 e. The fourth-order valence-electron chi connectivity index (χ4n) is 1.78. The van der Waals surface area contributed by atoms with Crippen molar-refractivity contribution in [2.75, 3.05) is 25.1 Å². The number of halogens is 2. The maximum Gasteiger partial charge on any atom is 0.337 e. The van der Waals surface area contributed by atoms with Crippen molar-refractivity contribution in [3.05, 3.63) is 29.3 Å². The Morgan fingerprint density at radius 2 is 2.05 bits per heavy atom. The summed E-state index contributed by atoms with van der Waals surface area (Å²) in [4.78, 5) is 22.8. The van der Waals surface area contributed by atoms with Crippen LogP contribution in [0.3, 0.4) is 0 Å². The number of hydrogen-bond acceptors (Lipinski definition) is 4. The summed E-state index contributed by atoms with van der Waals surface area (Å²) in [6.07, 6.45) is 0. The summed E-state index contributed by atoms with van der Waals surface area (Å²) in [7, 11) is 0. The van der Waals surface area contributed by atoms with Crippen molar-refractivity contribution >= 4 is 17.6 Å². The molecule has 2 rings (SSSR count). The van der Waals surface area contributed by atoms with E-state index in [1.54, 1.807) is 0 Å². The first-order chi connectivity index (χ1) is 9.49. The first kappa shape index (κ1) is 14.4. The van der Waals surface area contributed by atoms with Crippen LogP contribution in [0.5, 0.6) is 0 Å². The number of morpholine rings is 1. The van der Waals surface area contributed by atoms with E-state index in [9.17, 15) is 18.4 Å². The van der Waals surface area contributed by atoms with E-state index in [1.165, 1.54) is 0 Å². The summed E-state index contributed by atoms with van der Waals surface area (Å²) in [5.74, 6) is -4.57. The van der Waals surface area contributed by atoms with Crippen molar-refractivity contribution < 1.29 is 28.2 Å². The summed E-state index contributed by atoms with van der Waals surface area (Å²) in [6.45, 7) is 1.06. The highest BCUT2D eigenvalue weighted by Crippen LogP contribution is 2.20. The van der Waals surface area contributed by atoms with Crippen LogP contribution >= 0.6 is 0 Å². The second-order valence-electron chi connectivity index (χ2n) is 4.19. The molecule has 1 saturated heterocycles. The van der Waals surface area contributed by atoms with E-state index in [0.717, 1.165) is 0 Å². The smallest absolute Gasteiger partial charge is 0.337 e. The van der Waals surface area contributed by atoms with Crippen LogP contribution in [0.4, 0.5) is 14.5 Å². The van der Waals surface area contributed by atoms with Gasteiger partial charge in [-0.25, -0.2) is 13.6 Å². The van der Waals surface area contributed by atoms with Crippen molar-refractivity contribution in [3.8, 4) is 0 Å². The Morgan fingerprint density at radius 1 is 1.35 bits per heavy atom. The van der Waals surface area contributed by atoms with Crippen molar-refractivity contribution in [2.45, 2.75) is 6.04 Å². The van der Waals surface area contributed by atoms with Crippen LogP contribution in [-0.2, 0) is 9.53 Å². The SMILES string of the molecule is O=C(O)c1cc(F)c(F)cc1NC(=O)C1COCCN1. The second kappa shape index (κ2) is 5.93. The lowest BCUT2D eigenvalue weighted by Gasteiger charge is -2.23. The number of amides is 1. The lowest BCUT2D eigenvalue weighted by atomic mass is 10.1. The van der Waals surface area contributed by atoms with E-state index in [4.69, 9.17) is 9.84 Å². The molecule has 20 heavy (non-hydrogen) atoms. The van der Waals surface area contributed by atoms with Crippen LogP contribution in [0.1, 0.15) is 10.4 Å². The Morgan fingerprint density at radius 3 is 2.65 bits per heavy atom. The summed E-state index contributed by atoms with van der Waals surface area (Å²) in [5, 5.41) is 14.0. The van der Waals surface area contributed by atoms with Gasteiger partial charge < -0.3 is 20.5 Å². The molecule has 0 aromatic heterocycles. The number of carboxylic acids is 1. The molecule has 8 heteroatoms. The number of carboxylic acid groups (broad SMARTS) is 1. The zero-order valence-corrected chi connectivity index (χ0v) is 10.3. The third kappa shape index (κ3) is 3.09. The normalized spacial score (nSPS) is 18.6. The number of carbonyl (C=O) groups excluding carboxylic acids is 1. The van der Waals surface area contributed by atoms with Gasteiger partial charge in [-0.05, 0) is 6.07 Å². The van der Waals surface area contributed by atoms with Gasteiger partial charge in [0.05, 0.1) is 24.5 Å². The number of rotatable bonds is 3. The van der Waals surface area contributed by atoms with E-state index in [1.807, 2.05) is 0 Å². The molecule has 0 aliphatic carbocycles. The van der Waals surface area contributed by atoms with E-state index < -0.39 is 35.1 Å². The van der Waals surface area contributed by atoms with Gasteiger partial charge in [-0.3, -0.25) is 4.79 Å². The first-order valence-electron chi connectivity index (χ1n) is 5.83. The molecule has 1 aromatic carbocycles. The standard InChI is InChI=1S/C12H12F2N2O4/c13-7-3-6(12(18)19)9(4-8(7)14)16-11(17)10-5-20-2-1-15-10/h3-4,10,15H,1-2,5H2,(H,16,17)(H,18,19). The number of nitrogens with one attached hydrogen (secondary N) is 2. The Bertz CT molecular complexity index is 545. The van der Waals surface area contributed by atoms with Gasteiger partial charge in [-0.1, -0.05) is 0 Å². The average Bonchev–Trinajstić information content (AvgIpc) is 2.43. The van der Waals surface area contributed by atoms with Crippen molar-refractivity contribution in [1.82, 2.24) is 5.32 Å². The minimum absolute atomic E-state index is 0.123. The first-order valence-corrected chi connectivity index (χ1v) is 5.83. The Balaban J connectivity index is 2.21. The van der Waals surface area contributed by atoms with Gasteiger partial charge in [0.25, 0.3) is 0 Å². The second-order valence-corrected chi connectivity index (χ2v) is 4.19. The van der Waals surface area contributed by atoms with Gasteiger partial charge in [0.1, 0.15) is 6.04 Å². The van der Waals surface area contributed by atoms with Crippen LogP contribution in [0.15, 0.2) is 12.1 Å². The number of aromatic carboxylic acids is 1. The maximum absolute atomic E-state index is 13.2. The predicted octanol–water partition coefficient (Wildman–Crippen LogP) is 0.590. The van der Waals surface area contributed by atoms with Crippen LogP contribution in [0.25, 0.3) is 0 Å². The number of ether oxygens (including phenoxy) is 1. The third-order valence-corrected chi connectivity index (χ3v) is 2.79. The lowest BCUT2D eigenvalue weighted by Crippen LogP contribution is -2.49. The molecular weight excluding hydrogens is 274 g/mol. The summed E-state index contributed by atoms with van der Waals surface area (Å²) in [6, 6.07) is 0.497. The number of hydrogen-bond donors (Lipinski definition) is 3. The molecule has 1 aliphatic heterocycles. The van der Waals surface area contributed by atoms with Gasteiger partial charge in [-0.2, -0.15) is 0 Å². The molecule has 0 radical (unpaired) electrons. The Hall–Kier alpha value is -2.06. The van der Waals surface area contributed by atoms with Crippen molar-refractivity contribution in [1.29, 1.82) is 0 Å². The predicted molar refractivity (Wildman–Crippen MR) is 64.6 cm³/mol. The molecule has 3 N–H and O–H groups in total. The third-order valence-electron chi connectivity index (χ3n) is 2.79. The van der Waals surface area contributed by atoms with Gasteiger partial charge in [0, 0.05) is 12.6 Å². The van der Waals surface area contributed by atoms with Gasteiger partial charge in [-0.15, -0.1) is 0 Å². The van der Waals surface area contributed by atoms with E-state index in [-0.39, 0.29) is 12.3 Å². The van der Waals surface area contributed by atoms with Gasteiger partial charge in [0.15, 0.2) is 11.6 Å².